The van der Waals surface area contributed by atoms with Crippen molar-refractivity contribution >= 4 is 28.1 Å². The van der Waals surface area contributed by atoms with Crippen LogP contribution in [0.4, 0.5) is 4.39 Å². The summed E-state index contributed by atoms with van der Waals surface area (Å²) in [4.78, 5) is 16.0. The van der Waals surface area contributed by atoms with Gasteiger partial charge in [0, 0.05) is 17.1 Å². The van der Waals surface area contributed by atoms with E-state index < -0.39 is 5.83 Å². The number of piperidine rings is 1. The summed E-state index contributed by atoms with van der Waals surface area (Å²) in [6.45, 7) is 3.66. The highest BCUT2D eigenvalue weighted by molar-refractivity contribution is 9.11. The van der Waals surface area contributed by atoms with Crippen LogP contribution in [0, 0.1) is 0 Å². The van der Waals surface area contributed by atoms with E-state index in [4.69, 9.17) is 0 Å². The smallest absolute Gasteiger partial charge is 0.317 e. The van der Waals surface area contributed by atoms with Gasteiger partial charge < -0.3 is 10.3 Å². The lowest BCUT2D eigenvalue weighted by molar-refractivity contribution is 0.356. The Kier molecular flexibility index (Phi) is 4.76. The third kappa shape index (κ3) is 3.06. The molecule has 6 heteroatoms. The van der Waals surface area contributed by atoms with Gasteiger partial charge in [0.25, 0.3) is 0 Å². The lowest BCUT2D eigenvalue weighted by Gasteiger charge is -2.23. The molecule has 0 bridgehead atoms. The second-order valence-electron chi connectivity index (χ2n) is 4.51. The van der Waals surface area contributed by atoms with E-state index in [1.807, 2.05) is 13.0 Å². The lowest BCUT2D eigenvalue weighted by atomic mass is 10.1. The van der Waals surface area contributed by atoms with Gasteiger partial charge in [0.2, 0.25) is 0 Å². The zero-order valence-corrected chi connectivity index (χ0v) is 12.3. The Balaban J connectivity index is 2.57. The molecular weight excluding hydrogens is 313 g/mol. The highest BCUT2D eigenvalue weighted by atomic mass is 79.9. The summed E-state index contributed by atoms with van der Waals surface area (Å²) in [5.41, 5.74) is -0.173. The average molecular weight is 330 g/mol. The fourth-order valence-electron chi connectivity index (χ4n) is 2.48. The molecule has 0 spiro atoms. The fourth-order valence-corrected chi connectivity index (χ4v) is 2.61. The topological polar surface area (TPSA) is 49.8 Å². The molecule has 1 aromatic rings. The van der Waals surface area contributed by atoms with Crippen LogP contribution in [-0.4, -0.2) is 22.6 Å². The quantitative estimate of drug-likeness (QED) is 0.846. The SMILES string of the molecule is C\C=c1/c(=C\C(F)=C\Br)[nH]c(=O)n1C1CCNCC1. The molecule has 1 aromatic heterocycles. The number of rotatable bonds is 2. The van der Waals surface area contributed by atoms with Crippen LogP contribution in [0.5, 0.6) is 0 Å². The monoisotopic (exact) mass is 329 g/mol. The molecule has 104 valence electrons. The minimum Gasteiger partial charge on any atom is -0.317 e. The molecule has 0 unspecified atom stereocenters. The first-order valence-corrected chi connectivity index (χ1v) is 7.24. The Labute approximate surface area is 118 Å². The zero-order valence-electron chi connectivity index (χ0n) is 10.7. The van der Waals surface area contributed by atoms with Gasteiger partial charge in [0.1, 0.15) is 5.83 Å². The van der Waals surface area contributed by atoms with Gasteiger partial charge in [-0.05, 0) is 32.9 Å². The van der Waals surface area contributed by atoms with E-state index in [1.54, 1.807) is 4.57 Å². The molecule has 2 heterocycles. The first-order chi connectivity index (χ1) is 9.17. The number of nitrogens with zero attached hydrogens (tertiary/aromatic N) is 1. The summed E-state index contributed by atoms with van der Waals surface area (Å²) >= 11 is 2.94. The molecule has 1 saturated heterocycles. The van der Waals surface area contributed by atoms with Crippen LogP contribution in [0.3, 0.4) is 0 Å². The predicted octanol–water partition coefficient (Wildman–Crippen LogP) is 0.888. The van der Waals surface area contributed by atoms with Crippen LogP contribution in [0.2, 0.25) is 0 Å². The summed E-state index contributed by atoms with van der Waals surface area (Å²) in [5, 5.41) is 4.54. The molecule has 0 aromatic carbocycles. The Hall–Kier alpha value is -1.14. The molecule has 1 aliphatic heterocycles. The van der Waals surface area contributed by atoms with Gasteiger partial charge in [-0.1, -0.05) is 22.0 Å². The van der Waals surface area contributed by atoms with E-state index in [0.29, 0.717) is 5.35 Å². The van der Waals surface area contributed by atoms with E-state index in [9.17, 15) is 9.18 Å². The molecule has 2 N–H and O–H groups in total. The second-order valence-corrected chi connectivity index (χ2v) is 4.97. The average Bonchev–Trinajstić information content (AvgIpc) is 2.75. The summed E-state index contributed by atoms with van der Waals surface area (Å²) < 4.78 is 15.1. The lowest BCUT2D eigenvalue weighted by Crippen LogP contribution is -2.40. The number of H-pyrrole nitrogens is 1. The number of hydrogen-bond donors (Lipinski definition) is 2. The number of hydrogen-bond acceptors (Lipinski definition) is 2. The van der Waals surface area contributed by atoms with E-state index in [2.05, 4.69) is 26.2 Å². The first-order valence-electron chi connectivity index (χ1n) is 6.32. The molecule has 0 aliphatic carbocycles. The third-order valence-corrected chi connectivity index (χ3v) is 3.77. The van der Waals surface area contributed by atoms with Gasteiger partial charge in [-0.15, -0.1) is 0 Å². The summed E-state index contributed by atoms with van der Waals surface area (Å²) in [6.07, 6.45) is 4.99. The predicted molar refractivity (Wildman–Crippen MR) is 78.2 cm³/mol. The number of allylic oxidation sites excluding steroid dienone is 1. The highest BCUT2D eigenvalue weighted by Gasteiger charge is 2.18. The van der Waals surface area contributed by atoms with Crippen LogP contribution in [0.15, 0.2) is 15.6 Å². The van der Waals surface area contributed by atoms with Crippen LogP contribution in [0.1, 0.15) is 25.8 Å². The first kappa shape index (κ1) is 14.3. The number of imidazole rings is 1. The molecule has 1 fully saturated rings. The largest absolute Gasteiger partial charge is 0.326 e. The molecular formula is C13H17BrFN3O. The summed E-state index contributed by atoms with van der Waals surface area (Å²) in [7, 11) is 0. The molecule has 1 aliphatic rings. The molecule has 2 rings (SSSR count). The zero-order chi connectivity index (χ0) is 13.8. The van der Waals surface area contributed by atoms with Gasteiger partial charge in [-0.25, -0.2) is 9.18 Å². The Bertz CT molecular complexity index is 638. The van der Waals surface area contributed by atoms with Gasteiger partial charge in [0.15, 0.2) is 0 Å². The number of aromatic nitrogens is 2. The van der Waals surface area contributed by atoms with E-state index in [1.165, 1.54) is 11.1 Å². The van der Waals surface area contributed by atoms with Crippen molar-refractivity contribution in [2.75, 3.05) is 13.1 Å². The van der Waals surface area contributed by atoms with Gasteiger partial charge in [0.05, 0.1) is 10.7 Å². The number of nitrogens with one attached hydrogen (secondary N) is 2. The van der Waals surface area contributed by atoms with Crippen molar-refractivity contribution in [3.63, 3.8) is 0 Å². The van der Waals surface area contributed by atoms with E-state index >= 15 is 0 Å². The van der Waals surface area contributed by atoms with Gasteiger partial charge in [-0.3, -0.25) is 4.57 Å². The minimum atomic E-state index is -0.429. The highest BCUT2D eigenvalue weighted by Crippen LogP contribution is 2.13. The van der Waals surface area contributed by atoms with Crippen molar-refractivity contribution in [3.8, 4) is 0 Å². The Morgan fingerprint density at radius 2 is 2.16 bits per heavy atom. The molecule has 19 heavy (non-hydrogen) atoms. The molecule has 0 saturated carbocycles. The third-order valence-electron chi connectivity index (χ3n) is 3.33. The van der Waals surface area contributed by atoms with Crippen LogP contribution in [-0.2, 0) is 0 Å². The van der Waals surface area contributed by atoms with Crippen LogP contribution < -0.4 is 21.7 Å². The normalized spacial score (nSPS) is 20.3. The summed E-state index contributed by atoms with van der Waals surface area (Å²) in [5.74, 6) is -0.429. The number of halogens is 2. The maximum absolute atomic E-state index is 13.3. The Morgan fingerprint density at radius 3 is 2.74 bits per heavy atom. The molecule has 0 amide bonds. The summed E-state index contributed by atoms with van der Waals surface area (Å²) in [6, 6.07) is 0.175. The van der Waals surface area contributed by atoms with Crippen molar-refractivity contribution < 1.29 is 4.39 Å². The van der Waals surface area contributed by atoms with Crippen molar-refractivity contribution in [3.05, 3.63) is 32.0 Å². The number of aromatic amines is 1. The van der Waals surface area contributed by atoms with Crippen molar-refractivity contribution in [1.82, 2.24) is 14.9 Å². The minimum absolute atomic E-state index is 0.173. The van der Waals surface area contributed by atoms with Gasteiger partial charge in [-0.2, -0.15) is 0 Å². The molecule has 4 nitrogen and oxygen atoms in total. The fraction of sp³-hybridized carbons (Fsp3) is 0.462. The van der Waals surface area contributed by atoms with E-state index in [0.717, 1.165) is 31.3 Å². The molecule has 0 radical (unpaired) electrons. The van der Waals surface area contributed by atoms with Crippen molar-refractivity contribution in [1.29, 1.82) is 0 Å². The maximum Gasteiger partial charge on any atom is 0.326 e. The van der Waals surface area contributed by atoms with Crippen molar-refractivity contribution in [2.45, 2.75) is 25.8 Å². The van der Waals surface area contributed by atoms with Crippen LogP contribution in [0.25, 0.3) is 12.2 Å². The standard InChI is InChI=1S/C13H17BrFN3O/c1-2-12-11(7-9(15)8-14)17-13(19)18(12)10-3-5-16-6-4-10/h2,7-8,10,16H,3-6H2,1H3,(H,17,19)/b9-8-,11-7+,12-2+. The van der Waals surface area contributed by atoms with Gasteiger partial charge >= 0.3 is 5.69 Å². The Morgan fingerprint density at radius 1 is 1.47 bits per heavy atom. The van der Waals surface area contributed by atoms with E-state index in [-0.39, 0.29) is 11.7 Å². The van der Waals surface area contributed by atoms with Crippen LogP contribution >= 0.6 is 15.9 Å². The van der Waals surface area contributed by atoms with Crippen molar-refractivity contribution in [2.24, 2.45) is 0 Å². The maximum atomic E-state index is 13.3. The molecule has 0 atom stereocenters. The second kappa shape index (κ2) is 6.34.